The zero-order chi connectivity index (χ0) is 14.9. The predicted molar refractivity (Wildman–Crippen MR) is 81.1 cm³/mol. The van der Waals surface area contributed by atoms with Crippen LogP contribution in [0, 0.1) is 0 Å². The zero-order valence-electron chi connectivity index (χ0n) is 11.5. The van der Waals surface area contributed by atoms with Gasteiger partial charge in [-0.05, 0) is 12.1 Å². The van der Waals surface area contributed by atoms with E-state index in [0.717, 1.165) is 5.39 Å². The normalized spacial score (nSPS) is 21.2. The van der Waals surface area contributed by atoms with Gasteiger partial charge < -0.3 is 5.32 Å². The third kappa shape index (κ3) is 3.11. The highest BCUT2D eigenvalue weighted by atomic mass is 32.2. The van der Waals surface area contributed by atoms with Crippen LogP contribution in [0.3, 0.4) is 0 Å². The molecule has 0 radical (unpaired) electrons. The molecule has 5 nitrogen and oxygen atoms in total. The summed E-state index contributed by atoms with van der Waals surface area (Å²) < 4.78 is 23.3. The molecule has 110 valence electrons. The number of rotatable bonds is 3. The van der Waals surface area contributed by atoms with E-state index in [4.69, 9.17) is 0 Å². The average molecular weight is 304 g/mol. The highest BCUT2D eigenvalue weighted by molar-refractivity contribution is 7.91. The van der Waals surface area contributed by atoms with Crippen LogP contribution in [0.5, 0.6) is 0 Å². The summed E-state index contributed by atoms with van der Waals surface area (Å²) in [5.41, 5.74) is 1.22. The van der Waals surface area contributed by atoms with Crippen LogP contribution in [0.4, 0.5) is 0 Å². The van der Waals surface area contributed by atoms with Gasteiger partial charge in [0.25, 0.3) is 0 Å². The number of nitrogens with one attached hydrogen (secondary N) is 1. The molecule has 0 saturated carbocycles. The highest BCUT2D eigenvalue weighted by Gasteiger charge is 2.26. The van der Waals surface area contributed by atoms with Crippen molar-refractivity contribution in [2.45, 2.75) is 12.5 Å². The first-order valence-electron chi connectivity index (χ1n) is 6.86. The van der Waals surface area contributed by atoms with E-state index in [1.54, 1.807) is 12.3 Å². The Labute approximate surface area is 123 Å². The molecule has 2 aromatic rings. The van der Waals surface area contributed by atoms with Crippen molar-refractivity contribution in [3.05, 3.63) is 42.1 Å². The smallest absolute Gasteiger partial charge is 0.166 e. The summed E-state index contributed by atoms with van der Waals surface area (Å²) >= 11 is 0. The SMILES string of the molecule is O=C(CC1CS(=O)(=O)CCN1)c1cccc2cccnc12. The molecule has 1 aromatic heterocycles. The largest absolute Gasteiger partial charge is 0.312 e. The maximum absolute atomic E-state index is 12.5. The second-order valence-corrected chi connectivity index (χ2v) is 7.50. The van der Waals surface area contributed by atoms with Crippen LogP contribution in [0.1, 0.15) is 16.8 Å². The first kappa shape index (κ1) is 14.2. The van der Waals surface area contributed by atoms with Crippen LogP contribution >= 0.6 is 0 Å². The minimum atomic E-state index is -3.03. The molecule has 6 heteroatoms. The fourth-order valence-electron chi connectivity index (χ4n) is 2.66. The lowest BCUT2D eigenvalue weighted by atomic mass is 10.0. The monoisotopic (exact) mass is 304 g/mol. The van der Waals surface area contributed by atoms with Crippen molar-refractivity contribution in [2.75, 3.05) is 18.1 Å². The Morgan fingerprint density at radius 2 is 2.10 bits per heavy atom. The average Bonchev–Trinajstić information content (AvgIpc) is 2.45. The van der Waals surface area contributed by atoms with Gasteiger partial charge in [0.15, 0.2) is 15.6 Å². The molecule has 1 atom stereocenters. The number of aromatic nitrogens is 1. The Morgan fingerprint density at radius 1 is 1.29 bits per heavy atom. The van der Waals surface area contributed by atoms with Crippen molar-refractivity contribution >= 4 is 26.5 Å². The standard InChI is InChI=1S/C15H16N2O3S/c18-14(9-12-10-21(19,20)8-7-16-12)13-5-1-3-11-4-2-6-17-15(11)13/h1-6,12,16H,7-10H2. The van der Waals surface area contributed by atoms with E-state index in [2.05, 4.69) is 10.3 Å². The summed E-state index contributed by atoms with van der Waals surface area (Å²) in [5, 5.41) is 4.01. The van der Waals surface area contributed by atoms with Crippen LogP contribution in [-0.4, -0.2) is 43.3 Å². The Balaban J connectivity index is 1.84. The summed E-state index contributed by atoms with van der Waals surface area (Å²) in [7, 11) is -3.03. The summed E-state index contributed by atoms with van der Waals surface area (Å²) in [4.78, 5) is 16.7. The number of nitrogens with zero attached hydrogens (tertiary/aromatic N) is 1. The number of fused-ring (bicyclic) bond motifs is 1. The maximum Gasteiger partial charge on any atom is 0.166 e. The zero-order valence-corrected chi connectivity index (χ0v) is 12.3. The molecule has 0 aliphatic carbocycles. The molecule has 2 heterocycles. The Kier molecular flexibility index (Phi) is 3.73. The second kappa shape index (κ2) is 5.54. The third-order valence-electron chi connectivity index (χ3n) is 3.67. The Morgan fingerprint density at radius 3 is 2.90 bits per heavy atom. The van der Waals surface area contributed by atoms with Gasteiger partial charge in [0.2, 0.25) is 0 Å². The summed E-state index contributed by atoms with van der Waals surface area (Å²) in [6, 6.07) is 8.89. The summed E-state index contributed by atoms with van der Waals surface area (Å²) in [5.74, 6) is 0.0960. The van der Waals surface area contributed by atoms with Gasteiger partial charge in [-0.2, -0.15) is 0 Å². The molecule has 0 amide bonds. The minimum absolute atomic E-state index is 0.0247. The molecule has 21 heavy (non-hydrogen) atoms. The van der Waals surface area contributed by atoms with Gasteiger partial charge >= 0.3 is 0 Å². The Bertz CT molecular complexity index is 781. The third-order valence-corrected chi connectivity index (χ3v) is 5.40. The molecule has 0 bridgehead atoms. The molecule has 0 spiro atoms. The highest BCUT2D eigenvalue weighted by Crippen LogP contribution is 2.18. The quantitative estimate of drug-likeness (QED) is 0.862. The predicted octanol–water partition coefficient (Wildman–Crippen LogP) is 1.19. The van der Waals surface area contributed by atoms with Crippen molar-refractivity contribution in [3.8, 4) is 0 Å². The van der Waals surface area contributed by atoms with Gasteiger partial charge in [-0.25, -0.2) is 8.42 Å². The molecular weight excluding hydrogens is 288 g/mol. The number of para-hydroxylation sites is 1. The maximum atomic E-state index is 12.5. The summed E-state index contributed by atoms with van der Waals surface area (Å²) in [6.45, 7) is 0.411. The first-order chi connectivity index (χ1) is 10.1. The number of Topliss-reactive ketones (excluding diaryl/α,β-unsaturated/α-hetero) is 1. The van der Waals surface area contributed by atoms with Crippen molar-refractivity contribution in [1.82, 2.24) is 10.3 Å². The van der Waals surface area contributed by atoms with E-state index in [0.29, 0.717) is 17.6 Å². The molecular formula is C15H16N2O3S. The van der Waals surface area contributed by atoms with Crippen LogP contribution in [-0.2, 0) is 9.84 Å². The fraction of sp³-hybridized carbons (Fsp3) is 0.333. The number of ketones is 1. The number of benzene rings is 1. The van der Waals surface area contributed by atoms with Gasteiger partial charge in [0, 0.05) is 36.2 Å². The lowest BCUT2D eigenvalue weighted by Crippen LogP contribution is -2.46. The minimum Gasteiger partial charge on any atom is -0.312 e. The molecule has 1 unspecified atom stereocenters. The van der Waals surface area contributed by atoms with E-state index < -0.39 is 9.84 Å². The van der Waals surface area contributed by atoms with Crippen LogP contribution < -0.4 is 5.32 Å². The molecule has 1 N–H and O–H groups in total. The number of sulfone groups is 1. The fourth-order valence-corrected chi connectivity index (χ4v) is 4.11. The molecule has 3 rings (SSSR count). The van der Waals surface area contributed by atoms with Gasteiger partial charge in [0.05, 0.1) is 17.0 Å². The second-order valence-electron chi connectivity index (χ2n) is 5.27. The molecule has 1 saturated heterocycles. The van der Waals surface area contributed by atoms with Crippen LogP contribution in [0.25, 0.3) is 10.9 Å². The molecule has 1 aliphatic rings. The summed E-state index contributed by atoms with van der Waals surface area (Å²) in [6.07, 6.45) is 1.83. The van der Waals surface area contributed by atoms with Crippen molar-refractivity contribution in [1.29, 1.82) is 0 Å². The van der Waals surface area contributed by atoms with Gasteiger partial charge in [-0.15, -0.1) is 0 Å². The van der Waals surface area contributed by atoms with E-state index in [9.17, 15) is 13.2 Å². The van der Waals surface area contributed by atoms with Crippen molar-refractivity contribution in [2.24, 2.45) is 0 Å². The number of pyridine rings is 1. The first-order valence-corrected chi connectivity index (χ1v) is 8.68. The van der Waals surface area contributed by atoms with E-state index in [1.165, 1.54) is 0 Å². The van der Waals surface area contributed by atoms with Crippen molar-refractivity contribution in [3.63, 3.8) is 0 Å². The molecule has 1 fully saturated rings. The molecule has 1 aliphatic heterocycles. The van der Waals surface area contributed by atoms with Gasteiger partial charge in [-0.3, -0.25) is 9.78 Å². The number of hydrogen-bond acceptors (Lipinski definition) is 5. The number of hydrogen-bond donors (Lipinski definition) is 1. The van der Waals surface area contributed by atoms with Gasteiger partial charge in [0.1, 0.15) is 0 Å². The van der Waals surface area contributed by atoms with Crippen LogP contribution in [0.2, 0.25) is 0 Å². The van der Waals surface area contributed by atoms with E-state index in [-0.39, 0.29) is 29.8 Å². The number of carbonyl (C=O) groups excluding carboxylic acids is 1. The van der Waals surface area contributed by atoms with Gasteiger partial charge in [-0.1, -0.05) is 18.2 Å². The molecule has 1 aromatic carbocycles. The van der Waals surface area contributed by atoms with E-state index in [1.807, 2.05) is 24.3 Å². The lowest BCUT2D eigenvalue weighted by Gasteiger charge is -2.23. The lowest BCUT2D eigenvalue weighted by molar-refractivity contribution is 0.0973. The Hall–Kier alpha value is -1.79. The topological polar surface area (TPSA) is 76.1 Å². The van der Waals surface area contributed by atoms with Crippen molar-refractivity contribution < 1.29 is 13.2 Å². The number of carbonyl (C=O) groups is 1. The van der Waals surface area contributed by atoms with E-state index >= 15 is 0 Å². The van der Waals surface area contributed by atoms with Crippen LogP contribution in [0.15, 0.2) is 36.5 Å².